The van der Waals surface area contributed by atoms with Crippen LogP contribution in [-0.2, 0) is 65.4 Å². The van der Waals surface area contributed by atoms with Crippen LogP contribution in [0.25, 0.3) is 0 Å². The first-order valence-electron chi connectivity index (χ1n) is 48.5. The van der Waals surface area contributed by atoms with Crippen LogP contribution in [0, 0.1) is 11.8 Å². The van der Waals surface area contributed by atoms with Gasteiger partial charge >= 0.3 is 39.5 Å². The molecule has 0 aromatic carbocycles. The summed E-state index contributed by atoms with van der Waals surface area (Å²) < 4.78 is 69.1. The van der Waals surface area contributed by atoms with Crippen molar-refractivity contribution < 1.29 is 80.2 Å². The van der Waals surface area contributed by atoms with Crippen molar-refractivity contribution in [3.05, 3.63) is 0 Å². The highest BCUT2D eigenvalue weighted by Crippen LogP contribution is 2.45. The van der Waals surface area contributed by atoms with Gasteiger partial charge in [0, 0.05) is 25.7 Å². The monoisotopic (exact) mass is 1650 g/mol. The van der Waals surface area contributed by atoms with E-state index in [2.05, 4.69) is 41.5 Å². The first-order valence-corrected chi connectivity index (χ1v) is 51.5. The predicted molar refractivity (Wildman–Crippen MR) is 469 cm³/mol. The van der Waals surface area contributed by atoms with E-state index in [-0.39, 0.29) is 25.7 Å². The normalized spacial score (nSPS) is 13.7. The predicted octanol–water partition coefficient (Wildman–Crippen LogP) is 29.4. The van der Waals surface area contributed by atoms with Crippen molar-refractivity contribution in [1.82, 2.24) is 0 Å². The van der Waals surface area contributed by atoms with E-state index in [9.17, 15) is 43.2 Å². The smallest absolute Gasteiger partial charge is 0.462 e. The Morgan fingerprint density at radius 3 is 0.602 bits per heavy atom. The summed E-state index contributed by atoms with van der Waals surface area (Å²) in [5.41, 5.74) is 0. The van der Waals surface area contributed by atoms with Crippen LogP contribution in [0.2, 0.25) is 0 Å². The van der Waals surface area contributed by atoms with Crippen LogP contribution in [-0.4, -0.2) is 96.7 Å². The number of hydrogen-bond donors (Lipinski definition) is 3. The third kappa shape index (κ3) is 87.7. The molecule has 0 spiro atoms. The van der Waals surface area contributed by atoms with Crippen LogP contribution in [0.1, 0.15) is 510 Å². The highest BCUT2D eigenvalue weighted by atomic mass is 31.2. The number of rotatable bonds is 93. The Morgan fingerprint density at radius 1 is 0.239 bits per heavy atom. The molecule has 0 aliphatic carbocycles. The first-order chi connectivity index (χ1) is 54.9. The van der Waals surface area contributed by atoms with Gasteiger partial charge in [0.25, 0.3) is 0 Å². The lowest BCUT2D eigenvalue weighted by Gasteiger charge is -2.21. The Bertz CT molecular complexity index is 2150. The second-order valence-corrected chi connectivity index (χ2v) is 37.6. The van der Waals surface area contributed by atoms with E-state index >= 15 is 0 Å². The van der Waals surface area contributed by atoms with Crippen molar-refractivity contribution in [2.75, 3.05) is 39.6 Å². The summed E-state index contributed by atoms with van der Waals surface area (Å²) in [5.74, 6) is -0.567. The average molecular weight is 1650 g/mol. The minimum absolute atomic E-state index is 0.108. The number of aliphatic hydroxyl groups is 1. The molecular formula is C94H184O17P2. The van der Waals surface area contributed by atoms with Crippen LogP contribution in [0.15, 0.2) is 0 Å². The molecule has 0 amide bonds. The number of ether oxygens (including phenoxy) is 4. The minimum atomic E-state index is -4.97. The second kappa shape index (κ2) is 85.1. The second-order valence-electron chi connectivity index (χ2n) is 34.7. The summed E-state index contributed by atoms with van der Waals surface area (Å²) in [6.45, 7) is 9.70. The fraction of sp³-hybridized carbons (Fsp3) is 0.957. The molecule has 0 fully saturated rings. The molecule has 19 heteroatoms. The number of esters is 4. The maximum absolute atomic E-state index is 13.2. The van der Waals surface area contributed by atoms with Crippen molar-refractivity contribution in [3.8, 4) is 0 Å². The van der Waals surface area contributed by atoms with Crippen molar-refractivity contribution in [2.45, 2.75) is 529 Å². The molecule has 0 rings (SSSR count). The lowest BCUT2D eigenvalue weighted by Crippen LogP contribution is -2.30. The fourth-order valence-corrected chi connectivity index (χ4v) is 16.4. The molecule has 113 heavy (non-hydrogen) atoms. The summed E-state index contributed by atoms with van der Waals surface area (Å²) in [5, 5.41) is 10.7. The lowest BCUT2D eigenvalue weighted by molar-refractivity contribution is -0.161. The Kier molecular flexibility index (Phi) is 83.6. The number of carbonyl (C=O) groups excluding carboxylic acids is 4. The molecule has 0 bridgehead atoms. The standard InChI is InChI=1S/C94H184O17P2/c1-7-9-11-13-15-17-19-21-23-25-27-29-31-33-35-39-43-47-51-58-64-70-76-91(96)104-82-89(110-93(98)78-72-66-60-52-48-44-40-36-34-32-30-28-26-24-22-20-18-16-14-12-10-8-2)84-108-112(100,101)106-80-88(95)81-107-113(102,103)109-85-90(83-105-92(97)77-71-65-59-55-54-57-63-69-75-87(5)6)111-94(99)79-73-67-61-53-49-45-41-37-38-42-46-50-56-62-68-74-86(3)4/h86-90,95H,7-85H2,1-6H3,(H,100,101)(H,102,103)/t88-,89-,90-/m1/s1. The van der Waals surface area contributed by atoms with E-state index in [0.717, 1.165) is 102 Å². The zero-order valence-electron chi connectivity index (χ0n) is 74.7. The van der Waals surface area contributed by atoms with E-state index in [4.69, 9.17) is 37.0 Å². The maximum atomic E-state index is 13.2. The first kappa shape index (κ1) is 111. The van der Waals surface area contributed by atoms with E-state index in [1.54, 1.807) is 0 Å². The van der Waals surface area contributed by atoms with Gasteiger partial charge < -0.3 is 33.8 Å². The Balaban J connectivity index is 5.22. The quantitative estimate of drug-likeness (QED) is 0.0222. The molecule has 672 valence electrons. The molecule has 0 aliphatic heterocycles. The molecule has 0 aliphatic rings. The van der Waals surface area contributed by atoms with Gasteiger partial charge in [-0.15, -0.1) is 0 Å². The summed E-state index contributed by atoms with van der Waals surface area (Å²) in [6, 6.07) is 0. The van der Waals surface area contributed by atoms with E-state index in [1.807, 2.05) is 0 Å². The van der Waals surface area contributed by atoms with E-state index in [0.29, 0.717) is 25.7 Å². The van der Waals surface area contributed by atoms with Crippen molar-refractivity contribution >= 4 is 39.5 Å². The number of carbonyl (C=O) groups is 4. The fourth-order valence-electron chi connectivity index (χ4n) is 14.8. The highest BCUT2D eigenvalue weighted by molar-refractivity contribution is 7.47. The van der Waals surface area contributed by atoms with Gasteiger partial charge in [-0.1, -0.05) is 459 Å². The van der Waals surface area contributed by atoms with Crippen LogP contribution in [0.4, 0.5) is 0 Å². The van der Waals surface area contributed by atoms with Crippen molar-refractivity contribution in [3.63, 3.8) is 0 Å². The van der Waals surface area contributed by atoms with Crippen molar-refractivity contribution in [1.29, 1.82) is 0 Å². The number of unbranched alkanes of at least 4 members (excludes halogenated alkanes) is 63. The Morgan fingerprint density at radius 2 is 0.407 bits per heavy atom. The van der Waals surface area contributed by atoms with Gasteiger partial charge in [0.15, 0.2) is 12.2 Å². The van der Waals surface area contributed by atoms with E-state index < -0.39 is 97.5 Å². The van der Waals surface area contributed by atoms with Crippen LogP contribution >= 0.6 is 15.6 Å². The highest BCUT2D eigenvalue weighted by Gasteiger charge is 2.31. The van der Waals surface area contributed by atoms with Gasteiger partial charge in [0.05, 0.1) is 26.4 Å². The van der Waals surface area contributed by atoms with Crippen molar-refractivity contribution in [2.24, 2.45) is 11.8 Å². The molecule has 3 N–H and O–H groups in total. The minimum Gasteiger partial charge on any atom is -0.462 e. The average Bonchev–Trinajstić information content (AvgIpc) is 0.894. The van der Waals surface area contributed by atoms with Crippen LogP contribution in [0.5, 0.6) is 0 Å². The number of phosphoric ester groups is 2. The van der Waals surface area contributed by atoms with Gasteiger partial charge in [-0.2, -0.15) is 0 Å². The van der Waals surface area contributed by atoms with Crippen LogP contribution in [0.3, 0.4) is 0 Å². The van der Waals surface area contributed by atoms with Gasteiger partial charge in [0.1, 0.15) is 19.3 Å². The molecule has 0 heterocycles. The molecule has 0 radical (unpaired) electrons. The number of hydrogen-bond acceptors (Lipinski definition) is 15. The largest absolute Gasteiger partial charge is 0.472 e. The molecule has 0 aromatic heterocycles. The Hall–Kier alpha value is -1.94. The van der Waals surface area contributed by atoms with Gasteiger partial charge in [-0.05, 0) is 37.5 Å². The van der Waals surface area contributed by atoms with E-state index in [1.165, 1.54) is 327 Å². The summed E-state index contributed by atoms with van der Waals surface area (Å²) >= 11 is 0. The van der Waals surface area contributed by atoms with Gasteiger partial charge in [-0.25, -0.2) is 9.13 Å². The molecule has 0 saturated heterocycles. The SMILES string of the molecule is CCCCCCCCCCCCCCCCCCCCCCCCC(=O)OC[C@H](COP(=O)(O)OC[C@@H](O)COP(=O)(O)OC[C@@H](COC(=O)CCCCCCCCCCC(C)C)OC(=O)CCCCCCCCCCCCCCCCCC(C)C)OC(=O)CCCCCCCCCCCCCCCCCCCCCCCC. The molecule has 0 aromatic rings. The van der Waals surface area contributed by atoms with Crippen LogP contribution < -0.4 is 0 Å². The molecule has 17 nitrogen and oxygen atoms in total. The Labute approximate surface area is 696 Å². The number of aliphatic hydroxyl groups excluding tert-OH is 1. The zero-order chi connectivity index (χ0) is 82.7. The maximum Gasteiger partial charge on any atom is 0.472 e. The topological polar surface area (TPSA) is 237 Å². The molecular weight excluding hydrogens is 1460 g/mol. The van der Waals surface area contributed by atoms with Gasteiger partial charge in [0.2, 0.25) is 0 Å². The zero-order valence-corrected chi connectivity index (χ0v) is 76.5. The molecule has 0 saturated carbocycles. The summed E-state index contributed by atoms with van der Waals surface area (Å²) in [4.78, 5) is 73.5. The molecule has 2 unspecified atom stereocenters. The summed E-state index contributed by atoms with van der Waals surface area (Å²) in [6.07, 6.45) is 80.9. The number of phosphoric acid groups is 2. The lowest BCUT2D eigenvalue weighted by atomic mass is 10.0. The van der Waals surface area contributed by atoms with Gasteiger partial charge in [-0.3, -0.25) is 37.3 Å². The third-order valence-electron chi connectivity index (χ3n) is 22.2. The summed E-state index contributed by atoms with van der Waals surface area (Å²) in [7, 11) is -9.94. The molecule has 5 atom stereocenters. The third-order valence-corrected chi connectivity index (χ3v) is 24.1.